The van der Waals surface area contributed by atoms with Crippen LogP contribution in [0.4, 0.5) is 0 Å². The summed E-state index contributed by atoms with van der Waals surface area (Å²) in [5, 5.41) is 3.42. The van der Waals surface area contributed by atoms with Gasteiger partial charge in [0.05, 0.1) is 6.61 Å². The average molecular weight is 441 g/mol. The molecule has 2 aromatic carbocycles. The van der Waals surface area contributed by atoms with Gasteiger partial charge in [0.15, 0.2) is 0 Å². The third-order valence-corrected chi connectivity index (χ3v) is 5.59. The molecular formula is C26H36N2O4. The van der Waals surface area contributed by atoms with Gasteiger partial charge in [-0.25, -0.2) is 0 Å². The Balaban J connectivity index is 1.81. The number of methoxy groups -OCH3 is 1. The average Bonchev–Trinajstić information content (AvgIpc) is 2.81. The van der Waals surface area contributed by atoms with Gasteiger partial charge in [-0.15, -0.1) is 0 Å². The maximum atomic E-state index is 13.6. The van der Waals surface area contributed by atoms with Gasteiger partial charge in [-0.05, 0) is 50.9 Å². The smallest absolute Gasteiger partial charge is 0.254 e. The lowest BCUT2D eigenvalue weighted by Gasteiger charge is -2.37. The lowest BCUT2D eigenvalue weighted by atomic mass is 10.0. The molecule has 1 heterocycles. The van der Waals surface area contributed by atoms with Gasteiger partial charge < -0.3 is 24.4 Å². The molecule has 1 N–H and O–H groups in total. The van der Waals surface area contributed by atoms with Gasteiger partial charge in [0.1, 0.15) is 18.1 Å². The first-order chi connectivity index (χ1) is 15.6. The van der Waals surface area contributed by atoms with E-state index in [0.29, 0.717) is 36.9 Å². The van der Waals surface area contributed by atoms with Crippen molar-refractivity contribution in [3.05, 3.63) is 59.7 Å². The normalized spacial score (nSPS) is 16.1. The van der Waals surface area contributed by atoms with E-state index in [1.165, 1.54) is 0 Å². The molecule has 0 radical (unpaired) electrons. The van der Waals surface area contributed by atoms with E-state index in [9.17, 15) is 4.79 Å². The first kappa shape index (κ1) is 24.1. The highest BCUT2D eigenvalue weighted by atomic mass is 16.5. The van der Waals surface area contributed by atoms with Crippen LogP contribution in [0.3, 0.4) is 0 Å². The summed E-state index contributed by atoms with van der Waals surface area (Å²) in [6.07, 6.45) is 2.87. The monoisotopic (exact) mass is 440 g/mol. The van der Waals surface area contributed by atoms with Gasteiger partial charge in [0.2, 0.25) is 0 Å². The summed E-state index contributed by atoms with van der Waals surface area (Å²) < 4.78 is 17.1. The van der Waals surface area contributed by atoms with E-state index in [1.807, 2.05) is 53.4 Å². The molecule has 0 saturated carbocycles. The number of hydrogen-bond donors (Lipinski definition) is 1. The molecule has 0 aliphatic carbocycles. The Morgan fingerprint density at radius 1 is 1.09 bits per heavy atom. The van der Waals surface area contributed by atoms with E-state index < -0.39 is 0 Å². The maximum absolute atomic E-state index is 13.6. The highest BCUT2D eigenvalue weighted by molar-refractivity contribution is 5.95. The number of carbonyl (C=O) groups excluding carboxylic acids is 1. The zero-order valence-corrected chi connectivity index (χ0v) is 19.5. The lowest BCUT2D eigenvalue weighted by Crippen LogP contribution is -2.51. The summed E-state index contributed by atoms with van der Waals surface area (Å²) in [7, 11) is 1.68. The van der Waals surface area contributed by atoms with Crippen LogP contribution in [0.2, 0.25) is 0 Å². The Morgan fingerprint density at radius 2 is 1.84 bits per heavy atom. The molecule has 0 spiro atoms. The molecule has 3 rings (SSSR count). The summed E-state index contributed by atoms with van der Waals surface area (Å²) in [6, 6.07) is 15.8. The third-order valence-electron chi connectivity index (χ3n) is 5.59. The van der Waals surface area contributed by atoms with Crippen molar-refractivity contribution in [1.82, 2.24) is 10.2 Å². The minimum Gasteiger partial charge on any atom is -0.493 e. The highest BCUT2D eigenvalue weighted by Gasteiger charge is 2.29. The molecule has 6 heteroatoms. The minimum atomic E-state index is 0.0144. The van der Waals surface area contributed by atoms with Gasteiger partial charge in [0, 0.05) is 50.4 Å². The molecule has 1 saturated heterocycles. The van der Waals surface area contributed by atoms with E-state index in [0.717, 1.165) is 37.9 Å². The van der Waals surface area contributed by atoms with Crippen molar-refractivity contribution in [2.75, 3.05) is 33.4 Å². The largest absolute Gasteiger partial charge is 0.493 e. The van der Waals surface area contributed by atoms with Gasteiger partial charge >= 0.3 is 0 Å². The van der Waals surface area contributed by atoms with Gasteiger partial charge in [-0.2, -0.15) is 0 Å². The number of rotatable bonds is 11. The van der Waals surface area contributed by atoms with Crippen LogP contribution >= 0.6 is 0 Å². The van der Waals surface area contributed by atoms with Crippen LogP contribution in [-0.2, 0) is 11.3 Å². The van der Waals surface area contributed by atoms with Crippen LogP contribution in [-0.4, -0.2) is 56.3 Å². The number of nitrogens with one attached hydrogen (secondary N) is 1. The molecule has 0 bridgehead atoms. The van der Waals surface area contributed by atoms with Crippen LogP contribution < -0.4 is 14.8 Å². The molecule has 0 aromatic heterocycles. The van der Waals surface area contributed by atoms with E-state index >= 15 is 0 Å². The summed E-state index contributed by atoms with van der Waals surface area (Å²) in [5.41, 5.74) is 1.67. The molecule has 1 fully saturated rings. The molecule has 32 heavy (non-hydrogen) atoms. The van der Waals surface area contributed by atoms with E-state index in [-0.39, 0.29) is 18.0 Å². The van der Waals surface area contributed by atoms with Crippen molar-refractivity contribution in [3.63, 3.8) is 0 Å². The molecule has 1 aliphatic heterocycles. The number of benzene rings is 2. The number of nitrogens with zero attached hydrogens (tertiary/aromatic N) is 1. The topological polar surface area (TPSA) is 60.0 Å². The van der Waals surface area contributed by atoms with Crippen molar-refractivity contribution in [2.24, 2.45) is 0 Å². The lowest BCUT2D eigenvalue weighted by molar-refractivity contribution is 0.0572. The van der Waals surface area contributed by atoms with Crippen LogP contribution in [0, 0.1) is 0 Å². The second kappa shape index (κ2) is 12.5. The van der Waals surface area contributed by atoms with E-state index in [1.54, 1.807) is 7.11 Å². The van der Waals surface area contributed by atoms with Crippen LogP contribution in [0.1, 0.15) is 49.0 Å². The number of piperidine rings is 1. The number of carbonyl (C=O) groups is 1. The Labute approximate surface area is 191 Å². The third kappa shape index (κ3) is 6.97. The van der Waals surface area contributed by atoms with Gasteiger partial charge in [-0.1, -0.05) is 30.3 Å². The van der Waals surface area contributed by atoms with Gasteiger partial charge in [0.25, 0.3) is 5.91 Å². The number of hydrogen-bond acceptors (Lipinski definition) is 5. The van der Waals surface area contributed by atoms with Crippen LogP contribution in [0.5, 0.6) is 11.5 Å². The fourth-order valence-electron chi connectivity index (χ4n) is 4.04. The molecule has 1 aliphatic rings. The van der Waals surface area contributed by atoms with Crippen molar-refractivity contribution in [2.45, 2.75) is 51.8 Å². The van der Waals surface area contributed by atoms with Crippen molar-refractivity contribution >= 4 is 5.91 Å². The molecule has 2 aromatic rings. The standard InChI is InChI=1S/C26H36N2O4/c1-20(2)28(23-11-7-12-27-18-23)26(29)22-15-24(31-14-8-13-30-3)17-25(16-22)32-19-21-9-5-4-6-10-21/h4-6,9-10,15-17,20,23,27H,7-8,11-14,18-19H2,1-3H3. The minimum absolute atomic E-state index is 0.0144. The first-order valence-electron chi connectivity index (χ1n) is 11.6. The SMILES string of the molecule is COCCCOc1cc(OCc2ccccc2)cc(C(=O)N(C(C)C)C2CCCNC2)c1. The predicted molar refractivity (Wildman–Crippen MR) is 126 cm³/mol. The Bertz CT molecular complexity index is 835. The maximum Gasteiger partial charge on any atom is 0.254 e. The van der Waals surface area contributed by atoms with Crippen molar-refractivity contribution in [3.8, 4) is 11.5 Å². The summed E-state index contributed by atoms with van der Waals surface area (Å²) in [5.74, 6) is 1.29. The Kier molecular flexibility index (Phi) is 9.38. The van der Waals surface area contributed by atoms with Crippen molar-refractivity contribution < 1.29 is 19.0 Å². The predicted octanol–water partition coefficient (Wildman–Crippen LogP) is 4.28. The molecule has 1 amide bonds. The summed E-state index contributed by atoms with van der Waals surface area (Å²) in [6.45, 7) is 7.57. The summed E-state index contributed by atoms with van der Waals surface area (Å²) >= 11 is 0. The molecule has 174 valence electrons. The fourth-order valence-corrected chi connectivity index (χ4v) is 4.04. The zero-order valence-electron chi connectivity index (χ0n) is 19.5. The zero-order chi connectivity index (χ0) is 22.8. The van der Waals surface area contributed by atoms with E-state index in [2.05, 4.69) is 19.2 Å². The van der Waals surface area contributed by atoms with Gasteiger partial charge in [-0.3, -0.25) is 4.79 Å². The van der Waals surface area contributed by atoms with E-state index in [4.69, 9.17) is 14.2 Å². The first-order valence-corrected chi connectivity index (χ1v) is 11.6. The summed E-state index contributed by atoms with van der Waals surface area (Å²) in [4.78, 5) is 15.6. The van der Waals surface area contributed by atoms with Crippen LogP contribution in [0.25, 0.3) is 0 Å². The Morgan fingerprint density at radius 3 is 2.50 bits per heavy atom. The van der Waals surface area contributed by atoms with Crippen LogP contribution in [0.15, 0.2) is 48.5 Å². The second-order valence-corrected chi connectivity index (χ2v) is 8.47. The molecule has 1 atom stereocenters. The number of ether oxygens (including phenoxy) is 3. The fraction of sp³-hybridized carbons (Fsp3) is 0.500. The number of amides is 1. The highest BCUT2D eigenvalue weighted by Crippen LogP contribution is 2.27. The molecular weight excluding hydrogens is 404 g/mol. The quantitative estimate of drug-likeness (QED) is 0.529. The Hall–Kier alpha value is -2.57. The molecule has 1 unspecified atom stereocenters. The molecule has 6 nitrogen and oxygen atoms in total. The van der Waals surface area contributed by atoms with Crippen molar-refractivity contribution in [1.29, 1.82) is 0 Å². The second-order valence-electron chi connectivity index (χ2n) is 8.47.